The fourth-order valence-corrected chi connectivity index (χ4v) is 4.37. The highest BCUT2D eigenvalue weighted by Gasteiger charge is 2.29. The summed E-state index contributed by atoms with van der Waals surface area (Å²) >= 11 is 5.90. The molecule has 134 valence electrons. The number of piperidine rings is 1. The van der Waals surface area contributed by atoms with Gasteiger partial charge in [-0.3, -0.25) is 4.79 Å². The number of carbonyl (C=O) groups excluding carboxylic acids is 1. The molecule has 6 nitrogen and oxygen atoms in total. The van der Waals surface area contributed by atoms with E-state index >= 15 is 0 Å². The number of rotatable bonds is 5. The van der Waals surface area contributed by atoms with E-state index in [0.29, 0.717) is 18.1 Å². The van der Waals surface area contributed by atoms with Gasteiger partial charge in [0, 0.05) is 24.7 Å². The molecular formula is C17H19ClN2O4S. The molecule has 3 rings (SSSR count). The molecule has 0 atom stereocenters. The third-order valence-corrected chi connectivity index (χ3v) is 6.06. The van der Waals surface area contributed by atoms with Crippen LogP contribution in [0.5, 0.6) is 0 Å². The van der Waals surface area contributed by atoms with Crippen LogP contribution >= 0.6 is 11.6 Å². The second kappa shape index (κ2) is 7.59. The first-order chi connectivity index (χ1) is 12.0. The van der Waals surface area contributed by atoms with Gasteiger partial charge in [-0.25, -0.2) is 8.42 Å². The SMILES string of the molecule is O=C(NCc1cccc(Cl)c1)c1ccc(S(=O)(=O)N2CCCCC2)o1. The van der Waals surface area contributed by atoms with E-state index in [4.69, 9.17) is 16.0 Å². The minimum Gasteiger partial charge on any atom is -0.438 e. The summed E-state index contributed by atoms with van der Waals surface area (Å²) in [6.45, 7) is 1.24. The third kappa shape index (κ3) is 4.23. The van der Waals surface area contributed by atoms with Crippen molar-refractivity contribution in [3.63, 3.8) is 0 Å². The van der Waals surface area contributed by atoms with Crippen molar-refractivity contribution < 1.29 is 17.6 Å². The molecule has 2 heterocycles. The average molecular weight is 383 g/mol. The summed E-state index contributed by atoms with van der Waals surface area (Å²) in [5, 5.41) is 3.08. The highest BCUT2D eigenvalue weighted by atomic mass is 35.5. The van der Waals surface area contributed by atoms with Crippen molar-refractivity contribution in [2.45, 2.75) is 30.9 Å². The lowest BCUT2D eigenvalue weighted by Gasteiger charge is -2.24. The molecule has 0 saturated carbocycles. The first-order valence-electron chi connectivity index (χ1n) is 8.09. The molecule has 1 fully saturated rings. The highest BCUT2D eigenvalue weighted by Crippen LogP contribution is 2.22. The number of sulfonamides is 1. The standard InChI is InChI=1S/C17H19ClN2O4S/c18-14-6-4-5-13(11-14)12-19-17(21)15-7-8-16(24-15)25(22,23)20-9-2-1-3-10-20/h4-8,11H,1-3,9-10,12H2,(H,19,21). The maximum Gasteiger partial charge on any atom is 0.287 e. The first-order valence-corrected chi connectivity index (χ1v) is 9.91. The molecule has 0 spiro atoms. The van der Waals surface area contributed by atoms with Crippen LogP contribution in [-0.4, -0.2) is 31.7 Å². The van der Waals surface area contributed by atoms with Crippen LogP contribution in [0.25, 0.3) is 0 Å². The lowest BCUT2D eigenvalue weighted by Crippen LogP contribution is -2.35. The van der Waals surface area contributed by atoms with Gasteiger partial charge in [0.15, 0.2) is 5.76 Å². The van der Waals surface area contributed by atoms with Gasteiger partial charge in [0.2, 0.25) is 5.09 Å². The molecule has 2 aromatic rings. The third-order valence-electron chi connectivity index (χ3n) is 4.06. The molecule has 1 aliphatic heterocycles. The number of benzene rings is 1. The zero-order valence-corrected chi connectivity index (χ0v) is 15.1. The van der Waals surface area contributed by atoms with E-state index in [1.54, 1.807) is 18.2 Å². The number of nitrogens with one attached hydrogen (secondary N) is 1. The summed E-state index contributed by atoms with van der Waals surface area (Å²) in [4.78, 5) is 12.2. The molecule has 1 aliphatic rings. The molecule has 1 saturated heterocycles. The second-order valence-corrected chi connectivity index (χ2v) is 8.20. The van der Waals surface area contributed by atoms with Gasteiger partial charge in [-0.05, 0) is 42.7 Å². The molecule has 0 aliphatic carbocycles. The summed E-state index contributed by atoms with van der Waals surface area (Å²) in [5.74, 6) is -0.502. The maximum atomic E-state index is 12.5. The quantitative estimate of drug-likeness (QED) is 0.861. The van der Waals surface area contributed by atoms with Crippen molar-refractivity contribution in [2.75, 3.05) is 13.1 Å². The first kappa shape index (κ1) is 18.0. The van der Waals surface area contributed by atoms with Crippen LogP contribution in [0, 0.1) is 0 Å². The van der Waals surface area contributed by atoms with Gasteiger partial charge in [0.25, 0.3) is 15.9 Å². The van der Waals surface area contributed by atoms with Gasteiger partial charge < -0.3 is 9.73 Å². The molecule has 1 amide bonds. The molecule has 0 radical (unpaired) electrons. The summed E-state index contributed by atoms with van der Waals surface area (Å²) in [6.07, 6.45) is 2.71. The van der Waals surface area contributed by atoms with Gasteiger partial charge in [-0.1, -0.05) is 30.2 Å². The van der Waals surface area contributed by atoms with Crippen molar-refractivity contribution in [2.24, 2.45) is 0 Å². The Hall–Kier alpha value is -1.83. The summed E-state index contributed by atoms with van der Waals surface area (Å²) in [7, 11) is -3.68. The largest absolute Gasteiger partial charge is 0.438 e. The Morgan fingerprint density at radius 3 is 2.64 bits per heavy atom. The number of amides is 1. The van der Waals surface area contributed by atoms with Gasteiger partial charge >= 0.3 is 0 Å². The van der Waals surface area contributed by atoms with Crippen LogP contribution in [0.4, 0.5) is 0 Å². The predicted octanol–water partition coefficient (Wildman–Crippen LogP) is 3.04. The smallest absolute Gasteiger partial charge is 0.287 e. The predicted molar refractivity (Wildman–Crippen MR) is 93.9 cm³/mol. The molecule has 1 aromatic carbocycles. The van der Waals surface area contributed by atoms with E-state index in [2.05, 4.69) is 5.32 Å². The molecule has 0 bridgehead atoms. The minimum atomic E-state index is -3.68. The van der Waals surface area contributed by atoms with E-state index in [1.165, 1.54) is 16.4 Å². The van der Waals surface area contributed by atoms with Gasteiger partial charge in [0.1, 0.15) is 0 Å². The monoisotopic (exact) mass is 382 g/mol. The van der Waals surface area contributed by atoms with Gasteiger partial charge in [-0.2, -0.15) is 4.31 Å². The fraction of sp³-hybridized carbons (Fsp3) is 0.353. The lowest BCUT2D eigenvalue weighted by atomic mass is 10.2. The lowest BCUT2D eigenvalue weighted by molar-refractivity contribution is 0.0917. The molecule has 1 aromatic heterocycles. The van der Waals surface area contributed by atoms with E-state index < -0.39 is 15.9 Å². The number of hydrogen-bond acceptors (Lipinski definition) is 4. The van der Waals surface area contributed by atoms with Crippen LogP contribution in [0.3, 0.4) is 0 Å². The number of nitrogens with zero attached hydrogens (tertiary/aromatic N) is 1. The number of carbonyl (C=O) groups is 1. The topological polar surface area (TPSA) is 79.6 Å². The second-order valence-electron chi connectivity index (χ2n) is 5.90. The van der Waals surface area contributed by atoms with Crippen LogP contribution in [0.15, 0.2) is 45.9 Å². The Kier molecular flexibility index (Phi) is 5.46. The van der Waals surface area contributed by atoms with E-state index in [1.807, 2.05) is 6.07 Å². The van der Waals surface area contributed by atoms with E-state index in [9.17, 15) is 13.2 Å². The Morgan fingerprint density at radius 1 is 1.16 bits per heavy atom. The summed E-state index contributed by atoms with van der Waals surface area (Å²) in [5.41, 5.74) is 0.841. The Labute approximate surface area is 151 Å². The number of furan rings is 1. The molecule has 8 heteroatoms. The van der Waals surface area contributed by atoms with Crippen molar-refractivity contribution in [3.05, 3.63) is 52.7 Å². The highest BCUT2D eigenvalue weighted by molar-refractivity contribution is 7.89. The molecule has 0 unspecified atom stereocenters. The molecular weight excluding hydrogens is 364 g/mol. The van der Waals surface area contributed by atoms with Crippen molar-refractivity contribution in [3.8, 4) is 0 Å². The molecule has 25 heavy (non-hydrogen) atoms. The van der Waals surface area contributed by atoms with Crippen molar-refractivity contribution in [1.29, 1.82) is 0 Å². The Bertz CT molecular complexity index is 857. The van der Waals surface area contributed by atoms with Crippen molar-refractivity contribution >= 4 is 27.5 Å². The summed E-state index contributed by atoms with van der Waals surface area (Å²) in [6, 6.07) is 9.83. The average Bonchev–Trinajstić information content (AvgIpc) is 3.11. The zero-order valence-electron chi connectivity index (χ0n) is 13.6. The van der Waals surface area contributed by atoms with E-state index in [-0.39, 0.29) is 17.4 Å². The zero-order chi connectivity index (χ0) is 17.9. The van der Waals surface area contributed by atoms with Crippen molar-refractivity contribution in [1.82, 2.24) is 9.62 Å². The van der Waals surface area contributed by atoms with Crippen LogP contribution in [0.1, 0.15) is 35.4 Å². The molecule has 1 N–H and O–H groups in total. The normalized spacial score (nSPS) is 15.9. The van der Waals surface area contributed by atoms with Crippen LogP contribution < -0.4 is 5.32 Å². The van der Waals surface area contributed by atoms with E-state index in [0.717, 1.165) is 24.8 Å². The maximum absolute atomic E-state index is 12.5. The van der Waals surface area contributed by atoms with Crippen LogP contribution in [-0.2, 0) is 16.6 Å². The minimum absolute atomic E-state index is 0.0300. The Morgan fingerprint density at radius 2 is 1.92 bits per heavy atom. The fourth-order valence-electron chi connectivity index (χ4n) is 2.73. The summed E-state index contributed by atoms with van der Waals surface area (Å²) < 4.78 is 31.8. The van der Waals surface area contributed by atoms with Crippen LogP contribution in [0.2, 0.25) is 5.02 Å². The van der Waals surface area contributed by atoms with Gasteiger partial charge in [-0.15, -0.1) is 0 Å². The number of halogens is 1. The Balaban J connectivity index is 1.67. The van der Waals surface area contributed by atoms with Gasteiger partial charge in [0.05, 0.1) is 0 Å². The number of hydrogen-bond donors (Lipinski definition) is 1.